The number of fused-ring (bicyclic) bond motifs is 3. The Kier molecular flexibility index (Phi) is 4.58. The van der Waals surface area contributed by atoms with E-state index in [2.05, 4.69) is 0 Å². The van der Waals surface area contributed by atoms with E-state index < -0.39 is 0 Å². The highest BCUT2D eigenvalue weighted by Crippen LogP contribution is 2.37. The predicted octanol–water partition coefficient (Wildman–Crippen LogP) is 5.40. The topological polar surface area (TPSA) is 52.6 Å². The van der Waals surface area contributed by atoms with Gasteiger partial charge in [-0.3, -0.25) is 0 Å². The SMILES string of the molecule is COCCCc1oc2c(c1-c1ccc(C)cc1)c(=O)oc1c(C)cccc12. The Labute approximate surface area is 157 Å². The van der Waals surface area contributed by atoms with Crippen molar-refractivity contribution in [3.8, 4) is 11.1 Å². The van der Waals surface area contributed by atoms with Gasteiger partial charge in [0.25, 0.3) is 0 Å². The molecule has 138 valence electrons. The predicted molar refractivity (Wildman–Crippen MR) is 107 cm³/mol. The van der Waals surface area contributed by atoms with Crippen LogP contribution in [0.25, 0.3) is 33.1 Å². The van der Waals surface area contributed by atoms with E-state index in [1.807, 2.05) is 56.3 Å². The fourth-order valence-corrected chi connectivity index (χ4v) is 3.55. The normalized spacial score (nSPS) is 11.5. The van der Waals surface area contributed by atoms with Gasteiger partial charge in [-0.05, 0) is 37.5 Å². The Hall–Kier alpha value is -2.85. The number of rotatable bonds is 5. The quantitative estimate of drug-likeness (QED) is 0.352. The van der Waals surface area contributed by atoms with Crippen LogP contribution >= 0.6 is 0 Å². The van der Waals surface area contributed by atoms with Gasteiger partial charge in [-0.15, -0.1) is 0 Å². The highest BCUT2D eigenvalue weighted by Gasteiger charge is 2.22. The third-order valence-corrected chi connectivity index (χ3v) is 4.93. The van der Waals surface area contributed by atoms with Crippen LogP contribution in [0, 0.1) is 13.8 Å². The summed E-state index contributed by atoms with van der Waals surface area (Å²) in [4.78, 5) is 12.9. The van der Waals surface area contributed by atoms with Crippen molar-refractivity contribution >= 4 is 21.9 Å². The second-order valence-corrected chi connectivity index (χ2v) is 6.91. The van der Waals surface area contributed by atoms with E-state index in [0.717, 1.165) is 34.3 Å². The third-order valence-electron chi connectivity index (χ3n) is 4.93. The molecule has 0 aliphatic rings. The fourth-order valence-electron chi connectivity index (χ4n) is 3.55. The molecule has 4 rings (SSSR count). The first-order chi connectivity index (χ1) is 13.1. The van der Waals surface area contributed by atoms with Gasteiger partial charge in [0.15, 0.2) is 5.58 Å². The molecule has 0 spiro atoms. The Morgan fingerprint density at radius 3 is 2.48 bits per heavy atom. The van der Waals surface area contributed by atoms with Crippen LogP contribution in [0.3, 0.4) is 0 Å². The maximum atomic E-state index is 12.9. The molecule has 2 aromatic heterocycles. The van der Waals surface area contributed by atoms with Crippen LogP contribution in [0.1, 0.15) is 23.3 Å². The average molecular weight is 362 g/mol. The van der Waals surface area contributed by atoms with Gasteiger partial charge in [-0.1, -0.05) is 42.0 Å². The number of methoxy groups -OCH3 is 1. The summed E-state index contributed by atoms with van der Waals surface area (Å²) in [5.41, 5.74) is 4.71. The first kappa shape index (κ1) is 17.6. The first-order valence-electron chi connectivity index (χ1n) is 9.14. The largest absolute Gasteiger partial charge is 0.459 e. The Morgan fingerprint density at radius 1 is 0.963 bits per heavy atom. The lowest BCUT2D eigenvalue weighted by Crippen LogP contribution is -2.01. The second-order valence-electron chi connectivity index (χ2n) is 6.91. The molecule has 0 N–H and O–H groups in total. The van der Waals surface area contributed by atoms with Crippen LogP contribution in [0.5, 0.6) is 0 Å². The summed E-state index contributed by atoms with van der Waals surface area (Å²) in [6.45, 7) is 4.61. The van der Waals surface area contributed by atoms with E-state index in [4.69, 9.17) is 13.6 Å². The van der Waals surface area contributed by atoms with Crippen LogP contribution in [0.4, 0.5) is 0 Å². The molecule has 0 amide bonds. The molecule has 0 saturated heterocycles. The molecule has 0 unspecified atom stereocenters. The summed E-state index contributed by atoms with van der Waals surface area (Å²) >= 11 is 0. The van der Waals surface area contributed by atoms with Crippen LogP contribution in [0.15, 0.2) is 56.1 Å². The van der Waals surface area contributed by atoms with Crippen molar-refractivity contribution in [2.24, 2.45) is 0 Å². The van der Waals surface area contributed by atoms with Crippen LogP contribution < -0.4 is 5.63 Å². The minimum absolute atomic E-state index is 0.357. The molecule has 2 heterocycles. The number of hydrogen-bond donors (Lipinski definition) is 0. The molecule has 0 fully saturated rings. The number of para-hydroxylation sites is 1. The van der Waals surface area contributed by atoms with Crippen molar-refractivity contribution < 1.29 is 13.6 Å². The number of furan rings is 1. The van der Waals surface area contributed by atoms with Crippen molar-refractivity contribution in [1.29, 1.82) is 0 Å². The lowest BCUT2D eigenvalue weighted by molar-refractivity contribution is 0.193. The number of ether oxygens (including phenoxy) is 1. The van der Waals surface area contributed by atoms with E-state index in [0.29, 0.717) is 29.6 Å². The van der Waals surface area contributed by atoms with Gasteiger partial charge in [0, 0.05) is 25.7 Å². The molecular formula is C23H22O4. The first-order valence-corrected chi connectivity index (χ1v) is 9.14. The zero-order valence-corrected chi connectivity index (χ0v) is 15.8. The van der Waals surface area contributed by atoms with Gasteiger partial charge in [0.05, 0.1) is 5.39 Å². The Balaban J connectivity index is 2.04. The molecule has 27 heavy (non-hydrogen) atoms. The van der Waals surface area contributed by atoms with Gasteiger partial charge in [0.1, 0.15) is 16.7 Å². The molecular weight excluding hydrogens is 340 g/mol. The molecule has 4 heteroatoms. The van der Waals surface area contributed by atoms with E-state index in [-0.39, 0.29) is 5.63 Å². The third kappa shape index (κ3) is 3.06. The van der Waals surface area contributed by atoms with E-state index in [1.54, 1.807) is 7.11 Å². The number of aryl methyl sites for hydroxylation is 3. The lowest BCUT2D eigenvalue weighted by atomic mass is 9.99. The smallest absolute Gasteiger partial charge is 0.348 e. The van der Waals surface area contributed by atoms with Gasteiger partial charge < -0.3 is 13.6 Å². The molecule has 4 nitrogen and oxygen atoms in total. The fraction of sp³-hybridized carbons (Fsp3) is 0.261. The van der Waals surface area contributed by atoms with Gasteiger partial charge in [-0.25, -0.2) is 4.79 Å². The maximum absolute atomic E-state index is 12.9. The van der Waals surface area contributed by atoms with Crippen LogP contribution in [-0.4, -0.2) is 13.7 Å². The van der Waals surface area contributed by atoms with E-state index in [9.17, 15) is 4.79 Å². The minimum Gasteiger partial charge on any atom is -0.459 e. The van der Waals surface area contributed by atoms with E-state index >= 15 is 0 Å². The molecule has 0 radical (unpaired) electrons. The molecule has 0 aliphatic carbocycles. The summed E-state index contributed by atoms with van der Waals surface area (Å²) < 4.78 is 17.1. The molecule has 0 atom stereocenters. The Morgan fingerprint density at radius 2 is 1.74 bits per heavy atom. The summed E-state index contributed by atoms with van der Waals surface area (Å²) in [5, 5.41) is 1.35. The number of benzene rings is 2. The molecule has 0 aliphatic heterocycles. The molecule has 4 aromatic rings. The van der Waals surface area contributed by atoms with Crippen molar-refractivity contribution in [2.45, 2.75) is 26.7 Å². The van der Waals surface area contributed by atoms with Crippen LogP contribution in [0.2, 0.25) is 0 Å². The molecule has 0 bridgehead atoms. The highest BCUT2D eigenvalue weighted by atomic mass is 16.5. The van der Waals surface area contributed by atoms with Crippen molar-refractivity contribution in [2.75, 3.05) is 13.7 Å². The lowest BCUT2D eigenvalue weighted by Gasteiger charge is -2.04. The molecule has 0 saturated carbocycles. The summed E-state index contributed by atoms with van der Waals surface area (Å²) in [6, 6.07) is 14.0. The van der Waals surface area contributed by atoms with Gasteiger partial charge in [0.2, 0.25) is 0 Å². The van der Waals surface area contributed by atoms with Gasteiger partial charge >= 0.3 is 5.63 Å². The summed E-state index contributed by atoms with van der Waals surface area (Å²) in [6.07, 6.45) is 1.51. The monoisotopic (exact) mass is 362 g/mol. The number of hydrogen-bond acceptors (Lipinski definition) is 4. The molecule has 2 aromatic carbocycles. The maximum Gasteiger partial charge on any atom is 0.348 e. The standard InChI is InChI=1S/C23H22O4/c1-14-9-11-16(12-10-14)19-18(8-5-13-25-3)26-22-17-7-4-6-15(2)21(17)27-23(24)20(19)22/h4,6-7,9-12H,5,8,13H2,1-3H3. The minimum atomic E-state index is -0.357. The average Bonchev–Trinajstić information content (AvgIpc) is 3.04. The van der Waals surface area contributed by atoms with Crippen molar-refractivity contribution in [3.05, 3.63) is 69.8 Å². The zero-order valence-electron chi connectivity index (χ0n) is 15.8. The second kappa shape index (κ2) is 7.05. The Bertz CT molecular complexity index is 1160. The zero-order chi connectivity index (χ0) is 19.0. The van der Waals surface area contributed by atoms with Gasteiger partial charge in [-0.2, -0.15) is 0 Å². The van der Waals surface area contributed by atoms with Crippen molar-refractivity contribution in [1.82, 2.24) is 0 Å². The highest BCUT2D eigenvalue weighted by molar-refractivity contribution is 6.07. The van der Waals surface area contributed by atoms with Crippen LogP contribution in [-0.2, 0) is 11.2 Å². The van der Waals surface area contributed by atoms with Crippen molar-refractivity contribution in [3.63, 3.8) is 0 Å². The summed E-state index contributed by atoms with van der Waals surface area (Å²) in [7, 11) is 1.68. The summed E-state index contributed by atoms with van der Waals surface area (Å²) in [5.74, 6) is 0.798. The van der Waals surface area contributed by atoms with E-state index in [1.165, 1.54) is 5.56 Å².